The van der Waals surface area contributed by atoms with Crippen LogP contribution in [0.25, 0.3) is 0 Å². The van der Waals surface area contributed by atoms with E-state index in [1.165, 1.54) is 10.6 Å². The lowest BCUT2D eigenvalue weighted by Crippen LogP contribution is -2.47. The molecule has 24 heavy (non-hydrogen) atoms. The molecule has 0 saturated carbocycles. The Balaban J connectivity index is 1.74. The quantitative estimate of drug-likeness (QED) is 0.710. The minimum atomic E-state index is 0.128. The number of benzene rings is 2. The Morgan fingerprint density at radius 2 is 1.96 bits per heavy atom. The average Bonchev–Trinajstić information content (AvgIpc) is 3.01. The predicted molar refractivity (Wildman–Crippen MR) is 95.0 cm³/mol. The second kappa shape index (κ2) is 5.06. The highest BCUT2D eigenvalue weighted by molar-refractivity contribution is 8.03. The zero-order chi connectivity index (χ0) is 16.3. The fraction of sp³-hybridized carbons (Fsp3) is 0.250. The maximum Gasteiger partial charge on any atom is 0.123 e. The molecule has 0 N–H and O–H groups in total. The summed E-state index contributed by atoms with van der Waals surface area (Å²) in [4.78, 5) is 3.58. The Morgan fingerprint density at radius 3 is 2.83 bits per heavy atom. The van der Waals surface area contributed by atoms with Crippen molar-refractivity contribution in [1.29, 1.82) is 5.26 Å². The number of anilines is 1. The first kappa shape index (κ1) is 14.0. The van der Waals surface area contributed by atoms with E-state index in [1.807, 2.05) is 18.2 Å². The van der Waals surface area contributed by atoms with Gasteiger partial charge < -0.3 is 9.64 Å². The highest BCUT2D eigenvalue weighted by Gasteiger charge is 2.48. The maximum atomic E-state index is 9.98. The monoisotopic (exact) mass is 332 g/mol. The summed E-state index contributed by atoms with van der Waals surface area (Å²) < 4.78 is 6.03. The van der Waals surface area contributed by atoms with E-state index in [4.69, 9.17) is 4.74 Å². The average molecular weight is 332 g/mol. The van der Waals surface area contributed by atoms with Gasteiger partial charge in [0.2, 0.25) is 0 Å². The number of allylic oxidation sites excluding steroid dienone is 1. The summed E-state index contributed by atoms with van der Waals surface area (Å²) in [5, 5.41) is 11.1. The van der Waals surface area contributed by atoms with E-state index < -0.39 is 0 Å². The zero-order valence-electron chi connectivity index (χ0n) is 13.3. The summed E-state index contributed by atoms with van der Waals surface area (Å²) >= 11 is 1.73. The van der Waals surface area contributed by atoms with Gasteiger partial charge in [-0.05, 0) is 25.1 Å². The molecule has 4 heteroatoms. The molecule has 3 aliphatic heterocycles. The Bertz CT molecular complexity index is 914. The smallest absolute Gasteiger partial charge is 0.123 e. The molecule has 118 valence electrons. The van der Waals surface area contributed by atoms with Crippen molar-refractivity contribution in [3.63, 3.8) is 0 Å². The summed E-state index contributed by atoms with van der Waals surface area (Å²) in [6, 6.07) is 19.4. The zero-order valence-corrected chi connectivity index (χ0v) is 14.1. The molecule has 3 aliphatic rings. The van der Waals surface area contributed by atoms with Gasteiger partial charge in [-0.2, -0.15) is 5.26 Å². The van der Waals surface area contributed by atoms with E-state index in [-0.39, 0.29) is 11.8 Å². The third-order valence-corrected chi connectivity index (χ3v) is 6.53. The molecule has 2 aromatic carbocycles. The van der Waals surface area contributed by atoms with Crippen LogP contribution in [0.4, 0.5) is 5.69 Å². The highest BCUT2D eigenvalue weighted by atomic mass is 32.2. The molecule has 5 rings (SSSR count). The van der Waals surface area contributed by atoms with E-state index in [0.717, 1.165) is 21.9 Å². The molecule has 0 amide bonds. The van der Waals surface area contributed by atoms with Gasteiger partial charge in [-0.25, -0.2) is 0 Å². The first-order valence-corrected chi connectivity index (χ1v) is 9.03. The van der Waals surface area contributed by atoms with Gasteiger partial charge >= 0.3 is 0 Å². The predicted octanol–water partition coefficient (Wildman–Crippen LogP) is 4.53. The molecule has 3 heterocycles. The third-order valence-electron chi connectivity index (χ3n) is 5.35. The largest absolute Gasteiger partial charge is 0.493 e. The normalized spacial score (nSPS) is 26.7. The van der Waals surface area contributed by atoms with Crippen LogP contribution in [0.1, 0.15) is 18.4 Å². The van der Waals surface area contributed by atoms with Gasteiger partial charge in [-0.15, -0.1) is 0 Å². The Morgan fingerprint density at radius 1 is 1.17 bits per heavy atom. The molecule has 0 aliphatic carbocycles. The van der Waals surface area contributed by atoms with Crippen LogP contribution in [0, 0.1) is 17.2 Å². The first-order chi connectivity index (χ1) is 11.8. The van der Waals surface area contributed by atoms with Crippen LogP contribution in [0.15, 0.2) is 64.0 Å². The maximum absolute atomic E-state index is 9.98. The molecule has 0 radical (unpaired) electrons. The molecule has 0 saturated heterocycles. The van der Waals surface area contributed by atoms with E-state index in [1.54, 1.807) is 11.8 Å². The van der Waals surface area contributed by atoms with Crippen molar-refractivity contribution in [1.82, 2.24) is 0 Å². The molecule has 2 aromatic rings. The number of rotatable bonds is 0. The molecule has 0 aromatic heterocycles. The second-order valence-electron chi connectivity index (χ2n) is 6.50. The van der Waals surface area contributed by atoms with E-state index in [0.29, 0.717) is 12.6 Å². The number of ether oxygens (including phenoxy) is 1. The standard InChI is InChI=1S/C20H16N2OS/c1-12-15-11-23-17-8-4-2-6-13(17)19(15)14(10-21)20-22(12)16-7-3-5-9-18(16)24-20/h2-9,12,15,19H,11H2,1H3/t12-,15-,19-/m1/s1. The van der Waals surface area contributed by atoms with Gasteiger partial charge in [0.15, 0.2) is 0 Å². The number of hydrogen-bond donors (Lipinski definition) is 0. The molecular weight excluding hydrogens is 316 g/mol. The molecule has 0 bridgehead atoms. The van der Waals surface area contributed by atoms with E-state index in [9.17, 15) is 5.26 Å². The van der Waals surface area contributed by atoms with Crippen molar-refractivity contribution < 1.29 is 4.74 Å². The number of nitrogens with zero attached hydrogens (tertiary/aromatic N) is 2. The summed E-state index contributed by atoms with van der Waals surface area (Å²) in [6.45, 7) is 2.91. The minimum Gasteiger partial charge on any atom is -0.493 e. The highest BCUT2D eigenvalue weighted by Crippen LogP contribution is 2.57. The fourth-order valence-electron chi connectivity index (χ4n) is 4.21. The van der Waals surface area contributed by atoms with Gasteiger partial charge in [0.1, 0.15) is 5.75 Å². The lowest BCUT2D eigenvalue weighted by Gasteiger charge is -2.45. The summed E-state index contributed by atoms with van der Waals surface area (Å²) in [5.74, 6) is 1.33. The number of thioether (sulfide) groups is 1. The van der Waals surface area contributed by atoms with Crippen LogP contribution < -0.4 is 9.64 Å². The third kappa shape index (κ3) is 1.73. The van der Waals surface area contributed by atoms with Crippen LogP contribution in [-0.4, -0.2) is 12.6 Å². The van der Waals surface area contributed by atoms with Crippen LogP contribution >= 0.6 is 11.8 Å². The number of para-hydroxylation sites is 2. The SMILES string of the molecule is C[C@@H]1[C@H]2COc3ccccc3[C@@H]2C(C#N)=C2Sc3ccccc3N21. The van der Waals surface area contributed by atoms with E-state index >= 15 is 0 Å². The molecule has 3 atom stereocenters. The molecule has 0 spiro atoms. The van der Waals surface area contributed by atoms with Crippen molar-refractivity contribution in [2.45, 2.75) is 23.8 Å². The van der Waals surface area contributed by atoms with Crippen molar-refractivity contribution in [2.24, 2.45) is 5.92 Å². The lowest BCUT2D eigenvalue weighted by molar-refractivity contribution is 0.181. The van der Waals surface area contributed by atoms with Crippen molar-refractivity contribution >= 4 is 17.4 Å². The topological polar surface area (TPSA) is 36.3 Å². The minimum absolute atomic E-state index is 0.128. The molecule has 0 unspecified atom stereocenters. The van der Waals surface area contributed by atoms with E-state index in [2.05, 4.69) is 48.2 Å². The first-order valence-electron chi connectivity index (χ1n) is 8.21. The Hall–Kier alpha value is -2.38. The summed E-state index contributed by atoms with van der Waals surface area (Å²) in [5.41, 5.74) is 3.26. The Kier molecular flexibility index (Phi) is 2.95. The van der Waals surface area contributed by atoms with Crippen molar-refractivity contribution in [2.75, 3.05) is 11.5 Å². The molecule has 3 nitrogen and oxygen atoms in total. The van der Waals surface area contributed by atoms with Crippen molar-refractivity contribution in [3.8, 4) is 11.8 Å². The number of fused-ring (bicyclic) bond motifs is 6. The van der Waals surface area contributed by atoms with Crippen LogP contribution in [0.5, 0.6) is 5.75 Å². The van der Waals surface area contributed by atoms with Gasteiger partial charge in [-0.1, -0.05) is 42.1 Å². The molecule has 0 fully saturated rings. The van der Waals surface area contributed by atoms with Gasteiger partial charge in [0.25, 0.3) is 0 Å². The van der Waals surface area contributed by atoms with Crippen molar-refractivity contribution in [3.05, 3.63) is 64.7 Å². The summed E-state index contributed by atoms with van der Waals surface area (Å²) in [7, 11) is 0. The number of nitriles is 1. The Labute approximate surface area is 145 Å². The van der Waals surface area contributed by atoms with Gasteiger partial charge in [-0.3, -0.25) is 0 Å². The van der Waals surface area contributed by atoms with Crippen LogP contribution in [-0.2, 0) is 0 Å². The fourth-order valence-corrected chi connectivity index (χ4v) is 5.48. The van der Waals surface area contributed by atoms with Gasteiger partial charge in [0, 0.05) is 28.3 Å². The van der Waals surface area contributed by atoms with Crippen LogP contribution in [0.2, 0.25) is 0 Å². The second-order valence-corrected chi connectivity index (χ2v) is 7.53. The van der Waals surface area contributed by atoms with Gasteiger partial charge in [0.05, 0.1) is 29.0 Å². The lowest BCUT2D eigenvalue weighted by atomic mass is 9.73. The summed E-state index contributed by atoms with van der Waals surface area (Å²) in [6.07, 6.45) is 0. The van der Waals surface area contributed by atoms with Crippen LogP contribution in [0.3, 0.4) is 0 Å². The number of hydrogen-bond acceptors (Lipinski definition) is 4. The molecular formula is C20H16N2OS.